The van der Waals surface area contributed by atoms with E-state index in [0.717, 1.165) is 0 Å². The normalized spacial score (nSPS) is 11.3. The van der Waals surface area contributed by atoms with Crippen LogP contribution in [0.1, 0.15) is 24.2 Å². The summed E-state index contributed by atoms with van der Waals surface area (Å²) in [6.07, 6.45) is 1.40. The Morgan fingerprint density at radius 1 is 1.00 bits per heavy atom. The molecular formula is C23H25N3O6S. The number of sulfone groups is 1. The second-order valence-electron chi connectivity index (χ2n) is 7.39. The Hall–Kier alpha value is -3.66. The summed E-state index contributed by atoms with van der Waals surface area (Å²) in [5.74, 6) is -2.79. The molecule has 0 saturated heterocycles. The van der Waals surface area contributed by atoms with E-state index in [1.165, 1.54) is 30.5 Å². The molecule has 0 radical (unpaired) electrons. The molecule has 2 N–H and O–H groups in total. The number of fused-ring (bicyclic) bond motifs is 1. The maximum absolute atomic E-state index is 13.1. The standard InChI is InChI=1S/C23H25N3O6S/c1-3-25(4-2)22(28)14-26-13-20(18-7-5-6-8-19(18)26)33(31,32)15-21(27)24-17-11-9-16(10-12-17)23(29)30/h5-13H,3-4,14-15H2,1-2H3,(H,24,27)(H,29,30). The van der Waals surface area contributed by atoms with Crippen molar-refractivity contribution in [2.75, 3.05) is 24.2 Å². The highest BCUT2D eigenvalue weighted by molar-refractivity contribution is 7.92. The average molecular weight is 472 g/mol. The highest BCUT2D eigenvalue weighted by Crippen LogP contribution is 2.26. The van der Waals surface area contributed by atoms with Gasteiger partial charge in [-0.15, -0.1) is 0 Å². The Balaban J connectivity index is 1.84. The highest BCUT2D eigenvalue weighted by Gasteiger charge is 2.25. The van der Waals surface area contributed by atoms with E-state index < -0.39 is 27.5 Å². The van der Waals surface area contributed by atoms with E-state index in [9.17, 15) is 22.8 Å². The van der Waals surface area contributed by atoms with E-state index in [2.05, 4.69) is 5.32 Å². The van der Waals surface area contributed by atoms with Gasteiger partial charge in [0, 0.05) is 35.9 Å². The summed E-state index contributed by atoms with van der Waals surface area (Å²) in [5, 5.41) is 11.9. The SMILES string of the molecule is CCN(CC)C(=O)Cn1cc(S(=O)(=O)CC(=O)Nc2ccc(C(=O)O)cc2)c2ccccc21. The molecule has 0 aliphatic carbocycles. The minimum atomic E-state index is -4.03. The van der Waals surface area contributed by atoms with Gasteiger partial charge < -0.3 is 19.9 Å². The van der Waals surface area contributed by atoms with E-state index in [1.54, 1.807) is 33.7 Å². The molecule has 0 spiro atoms. The molecule has 2 amide bonds. The highest BCUT2D eigenvalue weighted by atomic mass is 32.2. The monoisotopic (exact) mass is 471 g/mol. The molecule has 0 aliphatic rings. The Kier molecular flexibility index (Phi) is 7.17. The van der Waals surface area contributed by atoms with Gasteiger partial charge in [0.2, 0.25) is 11.8 Å². The van der Waals surface area contributed by atoms with Crippen LogP contribution in [0.25, 0.3) is 10.9 Å². The number of nitrogens with one attached hydrogen (secondary N) is 1. The number of carbonyl (C=O) groups excluding carboxylic acids is 2. The lowest BCUT2D eigenvalue weighted by Crippen LogP contribution is -2.33. The first-order valence-electron chi connectivity index (χ1n) is 10.4. The largest absolute Gasteiger partial charge is 0.478 e. The number of nitrogens with zero attached hydrogens (tertiary/aromatic N) is 2. The number of anilines is 1. The van der Waals surface area contributed by atoms with E-state index in [1.807, 2.05) is 13.8 Å². The van der Waals surface area contributed by atoms with Gasteiger partial charge >= 0.3 is 5.97 Å². The predicted molar refractivity (Wildman–Crippen MR) is 124 cm³/mol. The first kappa shape index (κ1) is 24.0. The summed E-state index contributed by atoms with van der Waals surface area (Å²) in [6, 6.07) is 12.2. The summed E-state index contributed by atoms with van der Waals surface area (Å²) < 4.78 is 27.8. The van der Waals surface area contributed by atoms with E-state index in [4.69, 9.17) is 5.11 Å². The number of aromatic nitrogens is 1. The van der Waals surface area contributed by atoms with Crippen LogP contribution in [0.15, 0.2) is 59.6 Å². The first-order chi connectivity index (χ1) is 15.7. The van der Waals surface area contributed by atoms with E-state index >= 15 is 0 Å². The van der Waals surface area contributed by atoms with Gasteiger partial charge in [0.15, 0.2) is 9.84 Å². The molecule has 0 atom stereocenters. The lowest BCUT2D eigenvalue weighted by molar-refractivity contribution is -0.131. The number of carbonyl (C=O) groups is 3. The first-order valence-corrected chi connectivity index (χ1v) is 12.0. The quantitative estimate of drug-likeness (QED) is 0.494. The maximum Gasteiger partial charge on any atom is 0.335 e. The van der Waals surface area contributed by atoms with Crippen molar-refractivity contribution >= 4 is 44.2 Å². The second-order valence-corrected chi connectivity index (χ2v) is 9.35. The van der Waals surface area contributed by atoms with Crippen molar-refractivity contribution in [1.82, 2.24) is 9.47 Å². The summed E-state index contributed by atoms with van der Waals surface area (Å²) in [4.78, 5) is 37.6. The number of amides is 2. The van der Waals surface area contributed by atoms with Gasteiger partial charge in [-0.25, -0.2) is 13.2 Å². The number of likely N-dealkylation sites (N-methyl/N-ethyl adjacent to an activating group) is 1. The van der Waals surface area contributed by atoms with Gasteiger partial charge in [0.05, 0.1) is 10.5 Å². The number of rotatable bonds is 9. The Labute approximate surface area is 191 Å². The molecule has 1 heterocycles. The molecule has 0 saturated carbocycles. The summed E-state index contributed by atoms with van der Waals surface area (Å²) in [6.45, 7) is 4.83. The third-order valence-electron chi connectivity index (χ3n) is 5.25. The van der Waals surface area contributed by atoms with Crippen LogP contribution in [0.5, 0.6) is 0 Å². The average Bonchev–Trinajstić information content (AvgIpc) is 3.14. The van der Waals surface area contributed by atoms with Crippen LogP contribution in [0, 0.1) is 0 Å². The van der Waals surface area contributed by atoms with Gasteiger partial charge in [-0.05, 0) is 44.2 Å². The number of hydrogen-bond donors (Lipinski definition) is 2. The van der Waals surface area contributed by atoms with Crippen LogP contribution in [0.2, 0.25) is 0 Å². The molecule has 0 unspecified atom stereocenters. The van der Waals surface area contributed by atoms with Crippen molar-refractivity contribution in [1.29, 1.82) is 0 Å². The molecule has 9 nitrogen and oxygen atoms in total. The van der Waals surface area contributed by atoms with Crippen molar-refractivity contribution in [3.8, 4) is 0 Å². The van der Waals surface area contributed by atoms with E-state index in [-0.39, 0.29) is 28.6 Å². The number of para-hydroxylation sites is 1. The number of benzene rings is 2. The molecule has 33 heavy (non-hydrogen) atoms. The maximum atomic E-state index is 13.1. The van der Waals surface area contributed by atoms with Crippen LogP contribution in [0.3, 0.4) is 0 Å². The van der Waals surface area contributed by atoms with Gasteiger partial charge in [0.25, 0.3) is 0 Å². The number of carboxylic acids is 1. The predicted octanol–water partition coefficient (Wildman–Crippen LogP) is 2.62. The summed E-state index contributed by atoms with van der Waals surface area (Å²) in [7, 11) is -4.03. The molecule has 1 aromatic heterocycles. The van der Waals surface area contributed by atoms with Crippen molar-refractivity contribution in [3.63, 3.8) is 0 Å². The van der Waals surface area contributed by atoms with Gasteiger partial charge in [-0.2, -0.15) is 0 Å². The van der Waals surface area contributed by atoms with Crippen molar-refractivity contribution in [3.05, 3.63) is 60.3 Å². The molecule has 0 fully saturated rings. The van der Waals surface area contributed by atoms with Crippen LogP contribution >= 0.6 is 0 Å². The summed E-state index contributed by atoms with van der Waals surface area (Å²) >= 11 is 0. The second kappa shape index (κ2) is 9.86. The molecular weight excluding hydrogens is 446 g/mol. The van der Waals surface area contributed by atoms with Crippen molar-refractivity contribution in [2.45, 2.75) is 25.3 Å². The fourth-order valence-corrected chi connectivity index (χ4v) is 4.93. The van der Waals surface area contributed by atoms with Gasteiger partial charge in [0.1, 0.15) is 12.3 Å². The molecule has 10 heteroatoms. The molecule has 0 bridgehead atoms. The van der Waals surface area contributed by atoms with Gasteiger partial charge in [-0.3, -0.25) is 9.59 Å². The fraction of sp³-hybridized carbons (Fsp3) is 0.261. The van der Waals surface area contributed by atoms with E-state index in [0.29, 0.717) is 24.0 Å². The molecule has 3 rings (SSSR count). The minimum Gasteiger partial charge on any atom is -0.478 e. The van der Waals surface area contributed by atoms with Crippen molar-refractivity contribution < 1.29 is 27.9 Å². The lowest BCUT2D eigenvalue weighted by Gasteiger charge is -2.19. The fourth-order valence-electron chi connectivity index (χ4n) is 3.56. The number of hydrogen-bond acceptors (Lipinski definition) is 5. The van der Waals surface area contributed by atoms with Crippen LogP contribution in [-0.2, 0) is 26.0 Å². The van der Waals surface area contributed by atoms with Crippen LogP contribution < -0.4 is 5.32 Å². The molecule has 2 aromatic carbocycles. The zero-order valence-corrected chi connectivity index (χ0v) is 19.1. The molecule has 3 aromatic rings. The topological polar surface area (TPSA) is 126 Å². The van der Waals surface area contributed by atoms with Crippen molar-refractivity contribution in [2.24, 2.45) is 0 Å². The molecule has 174 valence electrons. The van der Waals surface area contributed by atoms with Crippen LogP contribution in [-0.4, -0.2) is 59.6 Å². The smallest absolute Gasteiger partial charge is 0.335 e. The zero-order valence-electron chi connectivity index (χ0n) is 18.3. The Morgan fingerprint density at radius 3 is 2.24 bits per heavy atom. The third-order valence-corrected chi connectivity index (χ3v) is 6.88. The number of aromatic carboxylic acids is 1. The summed E-state index contributed by atoms with van der Waals surface area (Å²) in [5.41, 5.74) is 0.918. The Morgan fingerprint density at radius 2 is 1.64 bits per heavy atom. The lowest BCUT2D eigenvalue weighted by atomic mass is 10.2. The third kappa shape index (κ3) is 5.40. The van der Waals surface area contributed by atoms with Gasteiger partial charge in [-0.1, -0.05) is 18.2 Å². The number of carboxylic acid groups (broad SMARTS) is 1. The minimum absolute atomic E-state index is 0.0141. The van der Waals surface area contributed by atoms with Crippen LogP contribution in [0.4, 0.5) is 5.69 Å². The zero-order chi connectivity index (χ0) is 24.2. The molecule has 0 aliphatic heterocycles. The Bertz CT molecular complexity index is 1290.